The van der Waals surface area contributed by atoms with Crippen LogP contribution in [0.5, 0.6) is 5.75 Å². The summed E-state index contributed by atoms with van der Waals surface area (Å²) in [5.41, 5.74) is 1.29. The maximum Gasteiger partial charge on any atom is 0.573 e. The molecule has 1 aliphatic heterocycles. The van der Waals surface area contributed by atoms with Crippen molar-refractivity contribution in [2.45, 2.75) is 12.4 Å². The summed E-state index contributed by atoms with van der Waals surface area (Å²) in [6.07, 6.45) is -3.33. The Morgan fingerprint density at radius 2 is 1.62 bits per heavy atom. The molecule has 0 saturated carbocycles. The molecule has 4 nitrogen and oxygen atoms in total. The average molecular weight is 514 g/mol. The quantitative estimate of drug-likeness (QED) is 0.526. The lowest BCUT2D eigenvalue weighted by Crippen LogP contribution is -2.45. The first-order valence-corrected chi connectivity index (χ1v) is 9.19. The van der Waals surface area contributed by atoms with Crippen LogP contribution in [0.25, 0.3) is 0 Å². The van der Waals surface area contributed by atoms with Crippen molar-refractivity contribution >= 4 is 59.6 Å². The van der Waals surface area contributed by atoms with Gasteiger partial charge in [0.1, 0.15) is 10.9 Å². The Balaban J connectivity index is 0.00000210. The van der Waals surface area contributed by atoms with E-state index in [0.717, 1.165) is 18.7 Å². The second-order valence-electron chi connectivity index (χ2n) is 5.93. The highest BCUT2D eigenvalue weighted by Crippen LogP contribution is 2.40. The molecule has 12 heteroatoms. The number of hydrogen-bond donors (Lipinski definition) is 1. The molecule has 1 atom stereocenters. The number of pyridine rings is 1. The van der Waals surface area contributed by atoms with Crippen molar-refractivity contribution in [1.29, 1.82) is 0 Å². The van der Waals surface area contributed by atoms with Gasteiger partial charge in [0.05, 0.1) is 16.1 Å². The van der Waals surface area contributed by atoms with Crippen molar-refractivity contribution in [3.8, 4) is 5.75 Å². The number of nitrogens with one attached hydrogen (secondary N) is 1. The Bertz CT molecular complexity index is 802. The zero-order valence-electron chi connectivity index (χ0n) is 14.7. The molecular formula is C17H17Cl5F3N3O. The van der Waals surface area contributed by atoms with Gasteiger partial charge in [-0.1, -0.05) is 46.9 Å². The number of aromatic nitrogens is 1. The number of hydrogen-bond acceptors (Lipinski definition) is 4. The molecule has 0 aliphatic carbocycles. The standard InChI is InChI=1S/C17H15Cl3F3N3O.2ClH/c18-12-9-25-16(20)14(19)13(12)15(26-7-5-24-6-8-26)10-1-3-11(4-2-10)27-17(21,22)23;;/h1-4,9,15,24H,5-8H2;2*1H/t15-;;/m0../s1. The first-order chi connectivity index (χ1) is 12.8. The molecule has 29 heavy (non-hydrogen) atoms. The van der Waals surface area contributed by atoms with Gasteiger partial charge >= 0.3 is 6.36 Å². The van der Waals surface area contributed by atoms with E-state index < -0.39 is 6.36 Å². The van der Waals surface area contributed by atoms with E-state index in [2.05, 4.69) is 19.9 Å². The predicted octanol–water partition coefficient (Wildman–Crippen LogP) is 5.78. The van der Waals surface area contributed by atoms with Gasteiger partial charge in [0, 0.05) is 37.9 Å². The topological polar surface area (TPSA) is 37.4 Å². The second-order valence-corrected chi connectivity index (χ2v) is 7.07. The molecule has 1 saturated heterocycles. The number of nitrogens with zero attached hydrogens (tertiary/aromatic N) is 2. The third kappa shape index (κ3) is 6.66. The number of alkyl halides is 3. The Morgan fingerprint density at radius 3 is 2.17 bits per heavy atom. The van der Waals surface area contributed by atoms with Crippen molar-refractivity contribution in [2.24, 2.45) is 0 Å². The molecule has 0 bridgehead atoms. The lowest BCUT2D eigenvalue weighted by Gasteiger charge is -2.36. The van der Waals surface area contributed by atoms with Crippen molar-refractivity contribution < 1.29 is 17.9 Å². The smallest absolute Gasteiger partial charge is 0.406 e. The van der Waals surface area contributed by atoms with Crippen LogP contribution in [0.2, 0.25) is 15.2 Å². The molecule has 2 heterocycles. The van der Waals surface area contributed by atoms with Crippen LogP contribution in [0.1, 0.15) is 17.2 Å². The van der Waals surface area contributed by atoms with Gasteiger partial charge in [-0.3, -0.25) is 4.90 Å². The minimum Gasteiger partial charge on any atom is -0.406 e. The van der Waals surface area contributed by atoms with E-state index in [1.165, 1.54) is 18.3 Å². The van der Waals surface area contributed by atoms with Crippen molar-refractivity contribution in [3.63, 3.8) is 0 Å². The Morgan fingerprint density at radius 1 is 1.03 bits per heavy atom. The minimum absolute atomic E-state index is 0. The summed E-state index contributed by atoms with van der Waals surface area (Å²) in [7, 11) is 0. The summed E-state index contributed by atoms with van der Waals surface area (Å²) in [6.45, 7) is 2.94. The zero-order valence-corrected chi connectivity index (χ0v) is 18.6. The summed E-state index contributed by atoms with van der Waals surface area (Å²) in [6, 6.07) is 5.28. The van der Waals surface area contributed by atoms with E-state index in [1.54, 1.807) is 12.1 Å². The fourth-order valence-corrected chi connectivity index (χ4v) is 3.76. The van der Waals surface area contributed by atoms with Crippen LogP contribution in [-0.4, -0.2) is 42.4 Å². The molecule has 1 N–H and O–H groups in total. The summed E-state index contributed by atoms with van der Waals surface area (Å²) < 4.78 is 41.2. The fourth-order valence-electron chi connectivity index (χ4n) is 3.06. The third-order valence-corrected chi connectivity index (χ3v) is 5.25. The maximum absolute atomic E-state index is 12.4. The molecule has 1 fully saturated rings. The lowest BCUT2D eigenvalue weighted by atomic mass is 9.97. The van der Waals surface area contributed by atoms with Crippen molar-refractivity contribution in [2.75, 3.05) is 26.2 Å². The van der Waals surface area contributed by atoms with Gasteiger partial charge in [0.15, 0.2) is 0 Å². The Hall–Kier alpha value is -0.670. The Labute approximate surface area is 193 Å². The molecule has 2 aromatic rings. The van der Waals surface area contributed by atoms with Gasteiger partial charge < -0.3 is 10.1 Å². The van der Waals surface area contributed by atoms with Gasteiger partial charge in [-0.05, 0) is 17.7 Å². The predicted molar refractivity (Wildman–Crippen MR) is 113 cm³/mol. The zero-order chi connectivity index (χ0) is 19.6. The van der Waals surface area contributed by atoms with Gasteiger partial charge in [-0.2, -0.15) is 0 Å². The maximum atomic E-state index is 12.4. The number of rotatable bonds is 4. The molecule has 0 unspecified atom stereocenters. The molecule has 0 amide bonds. The van der Waals surface area contributed by atoms with E-state index in [4.69, 9.17) is 34.8 Å². The van der Waals surface area contributed by atoms with Crippen LogP contribution in [0.4, 0.5) is 13.2 Å². The fraction of sp³-hybridized carbons (Fsp3) is 0.353. The monoisotopic (exact) mass is 511 g/mol. The van der Waals surface area contributed by atoms with Gasteiger partial charge in [-0.15, -0.1) is 38.0 Å². The summed E-state index contributed by atoms with van der Waals surface area (Å²) in [4.78, 5) is 6.08. The molecule has 1 aliphatic rings. The van der Waals surface area contributed by atoms with Crippen LogP contribution < -0.4 is 10.1 Å². The van der Waals surface area contributed by atoms with Gasteiger partial charge in [0.25, 0.3) is 0 Å². The number of piperazine rings is 1. The largest absolute Gasteiger partial charge is 0.573 e. The van der Waals surface area contributed by atoms with Crippen LogP contribution in [-0.2, 0) is 0 Å². The van der Waals surface area contributed by atoms with E-state index in [1.807, 2.05) is 0 Å². The molecular weight excluding hydrogens is 496 g/mol. The summed E-state index contributed by atoms with van der Waals surface area (Å²) in [5, 5.41) is 3.94. The van der Waals surface area contributed by atoms with E-state index in [-0.39, 0.29) is 46.8 Å². The SMILES string of the molecule is Cl.Cl.FC(F)(F)Oc1ccc([C@@H](c2c(Cl)cnc(Cl)c2Cl)N2CCNCC2)cc1. The minimum atomic E-state index is -4.75. The van der Waals surface area contributed by atoms with Crippen LogP contribution in [0, 0.1) is 0 Å². The van der Waals surface area contributed by atoms with Crippen LogP contribution >= 0.6 is 59.6 Å². The number of halogens is 8. The summed E-state index contributed by atoms with van der Waals surface area (Å²) in [5.74, 6) is -0.296. The molecule has 0 spiro atoms. The van der Waals surface area contributed by atoms with E-state index in [9.17, 15) is 13.2 Å². The van der Waals surface area contributed by atoms with E-state index >= 15 is 0 Å². The van der Waals surface area contributed by atoms with Crippen molar-refractivity contribution in [3.05, 3.63) is 56.8 Å². The first kappa shape index (κ1) is 26.4. The van der Waals surface area contributed by atoms with Gasteiger partial charge in [0.2, 0.25) is 0 Å². The highest BCUT2D eigenvalue weighted by Gasteiger charge is 2.32. The Kier molecular flexibility index (Phi) is 10.1. The molecule has 1 aromatic carbocycles. The number of ether oxygens (including phenoxy) is 1. The summed E-state index contributed by atoms with van der Waals surface area (Å²) >= 11 is 18.8. The molecule has 0 radical (unpaired) electrons. The van der Waals surface area contributed by atoms with Crippen molar-refractivity contribution in [1.82, 2.24) is 15.2 Å². The average Bonchev–Trinajstić information content (AvgIpc) is 2.62. The van der Waals surface area contributed by atoms with Crippen LogP contribution in [0.3, 0.4) is 0 Å². The molecule has 1 aromatic heterocycles. The van der Waals surface area contributed by atoms with Crippen LogP contribution in [0.15, 0.2) is 30.5 Å². The van der Waals surface area contributed by atoms with Gasteiger partial charge in [-0.25, -0.2) is 4.98 Å². The second kappa shape index (κ2) is 11.1. The third-order valence-electron chi connectivity index (χ3n) is 4.19. The molecule has 3 rings (SSSR count). The lowest BCUT2D eigenvalue weighted by molar-refractivity contribution is -0.274. The molecule has 162 valence electrons. The normalized spacial score (nSPS) is 15.8. The number of benzene rings is 1. The van der Waals surface area contributed by atoms with E-state index in [0.29, 0.717) is 23.7 Å². The highest BCUT2D eigenvalue weighted by molar-refractivity contribution is 6.43. The first-order valence-electron chi connectivity index (χ1n) is 8.06. The highest BCUT2D eigenvalue weighted by atomic mass is 35.5.